The van der Waals surface area contributed by atoms with Gasteiger partial charge in [-0.25, -0.2) is 0 Å². The Kier molecular flexibility index (Phi) is 0.654. The highest BCUT2D eigenvalue weighted by Crippen LogP contribution is 2.09. The second-order valence-corrected chi connectivity index (χ2v) is 1.30. The topological polar surface area (TPSA) is 9.23 Å². The van der Waals surface area contributed by atoms with Crippen LogP contribution < -0.4 is 0 Å². The van der Waals surface area contributed by atoms with Crippen LogP contribution in [0.3, 0.4) is 0 Å². The minimum absolute atomic E-state index is 0.343. The van der Waals surface area contributed by atoms with E-state index in [-0.39, 0.29) is 0 Å². The van der Waals surface area contributed by atoms with Crippen molar-refractivity contribution in [3.8, 4) is 0 Å². The van der Waals surface area contributed by atoms with Gasteiger partial charge in [-0.05, 0) is 5.82 Å². The van der Waals surface area contributed by atoms with Gasteiger partial charge >= 0.3 is 0 Å². The Hall–Kier alpha value is 0.0249. The van der Waals surface area contributed by atoms with E-state index in [1.54, 1.807) is 0 Å². The molecular formula is C3H5BO. The van der Waals surface area contributed by atoms with Crippen molar-refractivity contribution in [2.75, 3.05) is 13.2 Å². The first-order valence-corrected chi connectivity index (χ1v) is 1.73. The van der Waals surface area contributed by atoms with E-state index < -0.39 is 0 Å². The van der Waals surface area contributed by atoms with E-state index in [1.807, 2.05) is 0 Å². The average molecular weight is 67.9 g/mol. The lowest BCUT2D eigenvalue weighted by atomic mass is 9.86. The molecule has 26 valence electrons. The van der Waals surface area contributed by atoms with Crippen molar-refractivity contribution in [1.82, 2.24) is 0 Å². The molecule has 0 aliphatic carbocycles. The van der Waals surface area contributed by atoms with Crippen molar-refractivity contribution in [2.45, 2.75) is 5.82 Å². The van der Waals surface area contributed by atoms with Gasteiger partial charge in [-0.15, -0.1) is 0 Å². The minimum atomic E-state index is 0.343. The monoisotopic (exact) mass is 68.0 g/mol. The maximum absolute atomic E-state index is 5.25. The molecule has 1 nitrogen and oxygen atoms in total. The van der Waals surface area contributed by atoms with Crippen molar-refractivity contribution in [1.29, 1.82) is 0 Å². The molecule has 0 amide bonds. The summed E-state index contributed by atoms with van der Waals surface area (Å²) in [5.74, 6) is 0.343. The van der Waals surface area contributed by atoms with E-state index in [0.29, 0.717) is 5.82 Å². The smallest absolute Gasteiger partial charge is 0.0762 e. The Morgan fingerprint density at radius 3 is 2.00 bits per heavy atom. The van der Waals surface area contributed by atoms with Gasteiger partial charge in [-0.2, -0.15) is 0 Å². The van der Waals surface area contributed by atoms with Crippen LogP contribution in [0, 0.1) is 0 Å². The fourth-order valence-corrected chi connectivity index (χ4v) is 0.254. The molecule has 1 aliphatic rings. The third kappa shape index (κ3) is 0.455. The highest BCUT2D eigenvalue weighted by molar-refractivity contribution is 6.12. The SMILES string of the molecule is [B]C1COC1. The summed E-state index contributed by atoms with van der Waals surface area (Å²) in [6.45, 7) is 1.53. The van der Waals surface area contributed by atoms with E-state index in [2.05, 4.69) is 0 Å². The second-order valence-electron chi connectivity index (χ2n) is 1.30. The number of hydrogen-bond donors (Lipinski definition) is 0. The molecule has 0 atom stereocenters. The predicted molar refractivity (Wildman–Crippen MR) is 20.3 cm³/mol. The molecule has 0 aromatic rings. The Balaban J connectivity index is 2.08. The number of ether oxygens (including phenoxy) is 1. The third-order valence-electron chi connectivity index (χ3n) is 0.664. The van der Waals surface area contributed by atoms with Crippen LogP contribution in [-0.4, -0.2) is 21.1 Å². The molecule has 0 bridgehead atoms. The molecule has 1 aliphatic heterocycles. The Labute approximate surface area is 32.7 Å². The fourth-order valence-electron chi connectivity index (χ4n) is 0.254. The standard InChI is InChI=1S/C3H5BO/c4-3-1-5-2-3/h3H,1-2H2. The van der Waals surface area contributed by atoms with Crippen LogP contribution >= 0.6 is 0 Å². The van der Waals surface area contributed by atoms with Crippen LogP contribution in [0.5, 0.6) is 0 Å². The van der Waals surface area contributed by atoms with Gasteiger partial charge < -0.3 is 4.74 Å². The summed E-state index contributed by atoms with van der Waals surface area (Å²) < 4.78 is 4.71. The summed E-state index contributed by atoms with van der Waals surface area (Å²) in [7, 11) is 5.25. The lowest BCUT2D eigenvalue weighted by molar-refractivity contribution is 0.0383. The van der Waals surface area contributed by atoms with Gasteiger partial charge in [0.25, 0.3) is 0 Å². The lowest BCUT2D eigenvalue weighted by Gasteiger charge is -2.20. The lowest BCUT2D eigenvalue weighted by Crippen LogP contribution is -2.21. The van der Waals surface area contributed by atoms with Crippen molar-refractivity contribution in [3.63, 3.8) is 0 Å². The zero-order valence-corrected chi connectivity index (χ0v) is 2.98. The summed E-state index contributed by atoms with van der Waals surface area (Å²) in [5.41, 5.74) is 0. The number of rotatable bonds is 0. The van der Waals surface area contributed by atoms with E-state index in [4.69, 9.17) is 12.6 Å². The Morgan fingerprint density at radius 2 is 2.00 bits per heavy atom. The van der Waals surface area contributed by atoms with E-state index >= 15 is 0 Å². The Morgan fingerprint density at radius 1 is 1.60 bits per heavy atom. The van der Waals surface area contributed by atoms with Gasteiger partial charge in [0.05, 0.1) is 7.85 Å². The average Bonchev–Trinajstić information content (AvgIpc) is 1.30. The fraction of sp³-hybridized carbons (Fsp3) is 1.00. The molecule has 1 saturated heterocycles. The zero-order valence-electron chi connectivity index (χ0n) is 2.98. The molecule has 1 heterocycles. The van der Waals surface area contributed by atoms with Gasteiger partial charge in [0, 0.05) is 13.2 Å². The van der Waals surface area contributed by atoms with E-state index in [9.17, 15) is 0 Å². The highest BCUT2D eigenvalue weighted by Gasteiger charge is 2.09. The van der Waals surface area contributed by atoms with Crippen molar-refractivity contribution >= 4 is 7.85 Å². The summed E-state index contributed by atoms with van der Waals surface area (Å²) in [4.78, 5) is 0. The zero-order chi connectivity index (χ0) is 3.70. The van der Waals surface area contributed by atoms with Crippen LogP contribution in [0.1, 0.15) is 0 Å². The molecule has 0 unspecified atom stereocenters. The number of hydrogen-bond acceptors (Lipinski definition) is 1. The van der Waals surface area contributed by atoms with Gasteiger partial charge in [-0.3, -0.25) is 0 Å². The Bertz CT molecular complexity index is 33.9. The highest BCUT2D eigenvalue weighted by atomic mass is 16.5. The molecule has 0 spiro atoms. The second kappa shape index (κ2) is 1.01. The largest absolute Gasteiger partial charge is 0.382 e. The normalized spacial score (nSPS) is 25.6. The molecule has 1 rings (SSSR count). The van der Waals surface area contributed by atoms with Crippen LogP contribution in [0.25, 0.3) is 0 Å². The van der Waals surface area contributed by atoms with Crippen LogP contribution in [0.2, 0.25) is 5.82 Å². The quantitative estimate of drug-likeness (QED) is 0.362. The third-order valence-corrected chi connectivity index (χ3v) is 0.664. The molecular weight excluding hydrogens is 62.8 g/mol. The molecule has 0 N–H and O–H groups in total. The first-order valence-electron chi connectivity index (χ1n) is 1.73. The molecule has 0 aromatic carbocycles. The van der Waals surface area contributed by atoms with E-state index in [0.717, 1.165) is 13.2 Å². The van der Waals surface area contributed by atoms with E-state index in [1.165, 1.54) is 0 Å². The van der Waals surface area contributed by atoms with Crippen molar-refractivity contribution in [3.05, 3.63) is 0 Å². The van der Waals surface area contributed by atoms with Crippen LogP contribution in [0.15, 0.2) is 0 Å². The molecule has 0 saturated carbocycles. The predicted octanol–water partition coefficient (Wildman–Crippen LogP) is -0.0264. The first kappa shape index (κ1) is 3.22. The minimum Gasteiger partial charge on any atom is -0.382 e. The van der Waals surface area contributed by atoms with Crippen molar-refractivity contribution < 1.29 is 4.74 Å². The van der Waals surface area contributed by atoms with Gasteiger partial charge in [0.15, 0.2) is 0 Å². The maximum Gasteiger partial charge on any atom is 0.0762 e. The molecule has 2 heteroatoms. The maximum atomic E-state index is 5.25. The molecule has 2 radical (unpaired) electrons. The van der Waals surface area contributed by atoms with Crippen molar-refractivity contribution in [2.24, 2.45) is 0 Å². The first-order chi connectivity index (χ1) is 2.39. The summed E-state index contributed by atoms with van der Waals surface area (Å²) in [5, 5.41) is 0. The van der Waals surface area contributed by atoms with Gasteiger partial charge in [-0.1, -0.05) is 0 Å². The van der Waals surface area contributed by atoms with Crippen LogP contribution in [-0.2, 0) is 4.74 Å². The molecule has 5 heavy (non-hydrogen) atoms. The van der Waals surface area contributed by atoms with Gasteiger partial charge in [0.2, 0.25) is 0 Å². The summed E-state index contributed by atoms with van der Waals surface area (Å²) >= 11 is 0. The van der Waals surface area contributed by atoms with Crippen LogP contribution in [0.4, 0.5) is 0 Å². The molecule has 0 aromatic heterocycles. The van der Waals surface area contributed by atoms with Gasteiger partial charge in [0.1, 0.15) is 0 Å². The summed E-state index contributed by atoms with van der Waals surface area (Å²) in [6.07, 6.45) is 0. The molecule has 1 fully saturated rings. The summed E-state index contributed by atoms with van der Waals surface area (Å²) in [6, 6.07) is 0.